The van der Waals surface area contributed by atoms with Crippen molar-refractivity contribution in [3.63, 3.8) is 0 Å². The van der Waals surface area contributed by atoms with Crippen molar-refractivity contribution in [2.75, 3.05) is 5.32 Å². The predicted octanol–water partition coefficient (Wildman–Crippen LogP) is 4.30. The third kappa shape index (κ3) is 5.22. The van der Waals surface area contributed by atoms with Gasteiger partial charge in [-0.2, -0.15) is 28.2 Å². The summed E-state index contributed by atoms with van der Waals surface area (Å²) in [5.74, 6) is -1.01. The van der Waals surface area contributed by atoms with Crippen LogP contribution in [0.15, 0.2) is 54.6 Å². The summed E-state index contributed by atoms with van der Waals surface area (Å²) in [5.41, 5.74) is 2.57. The lowest BCUT2D eigenvalue weighted by molar-refractivity contribution is -0.137. The molecule has 0 amide bonds. The minimum Gasteiger partial charge on any atom is -0.478 e. The third-order valence-corrected chi connectivity index (χ3v) is 4.09. The lowest BCUT2D eigenvalue weighted by atomic mass is 10.2. The third-order valence-electron chi connectivity index (χ3n) is 4.09. The average Bonchev–Trinajstić information content (AvgIpc) is 3.05. The highest BCUT2D eigenvalue weighted by molar-refractivity contribution is 5.85. The second-order valence-electron chi connectivity index (χ2n) is 6.21. The summed E-state index contributed by atoms with van der Waals surface area (Å²) in [7, 11) is 0. The van der Waals surface area contributed by atoms with Crippen molar-refractivity contribution in [1.82, 2.24) is 15.0 Å². The summed E-state index contributed by atoms with van der Waals surface area (Å²) in [6.07, 6.45) is -1.84. The van der Waals surface area contributed by atoms with Crippen LogP contribution in [0.2, 0.25) is 0 Å². The highest BCUT2D eigenvalue weighted by Crippen LogP contribution is 2.29. The van der Waals surface area contributed by atoms with Gasteiger partial charge in [-0.15, -0.1) is 0 Å². The van der Waals surface area contributed by atoms with E-state index in [4.69, 9.17) is 5.11 Å². The Bertz CT molecular complexity index is 1020. The van der Waals surface area contributed by atoms with E-state index in [1.807, 2.05) is 0 Å². The van der Waals surface area contributed by atoms with Crippen LogP contribution in [0, 0.1) is 6.92 Å². The van der Waals surface area contributed by atoms with Crippen LogP contribution >= 0.6 is 0 Å². The van der Waals surface area contributed by atoms with Crippen molar-refractivity contribution < 1.29 is 23.1 Å². The second-order valence-corrected chi connectivity index (χ2v) is 6.21. The maximum Gasteiger partial charge on any atom is 0.416 e. The maximum atomic E-state index is 12.7. The zero-order chi connectivity index (χ0) is 21.0. The molecule has 150 valence electrons. The predicted molar refractivity (Wildman–Crippen MR) is 102 cm³/mol. The standard InChI is InChI=1S/C20H17F3N4O2/c1-13-18(12-24-16-7-2-14(3-8-16)4-11-19(28)29)26-27(25-13)17-9-5-15(6-10-17)20(21,22)23/h2-11,24H,12H2,1H3,(H,28,29)/b11-4+. The summed E-state index contributed by atoms with van der Waals surface area (Å²) in [4.78, 5) is 11.8. The Kier molecular flexibility index (Phi) is 5.67. The van der Waals surface area contributed by atoms with Crippen LogP contribution in [-0.2, 0) is 17.5 Å². The molecule has 2 aromatic carbocycles. The summed E-state index contributed by atoms with van der Waals surface area (Å²) in [5, 5.41) is 20.4. The fourth-order valence-corrected chi connectivity index (χ4v) is 2.54. The molecule has 29 heavy (non-hydrogen) atoms. The van der Waals surface area contributed by atoms with E-state index in [2.05, 4.69) is 15.5 Å². The van der Waals surface area contributed by atoms with Crippen LogP contribution in [0.5, 0.6) is 0 Å². The molecule has 0 saturated carbocycles. The van der Waals surface area contributed by atoms with Crippen molar-refractivity contribution in [1.29, 1.82) is 0 Å². The monoisotopic (exact) mass is 402 g/mol. The number of benzene rings is 2. The molecule has 6 nitrogen and oxygen atoms in total. The van der Waals surface area contributed by atoms with Crippen molar-refractivity contribution in [2.45, 2.75) is 19.6 Å². The van der Waals surface area contributed by atoms with Crippen LogP contribution in [0.3, 0.4) is 0 Å². The van der Waals surface area contributed by atoms with E-state index in [-0.39, 0.29) is 0 Å². The first-order valence-electron chi connectivity index (χ1n) is 8.58. The van der Waals surface area contributed by atoms with Crippen LogP contribution < -0.4 is 5.32 Å². The molecular weight excluding hydrogens is 385 g/mol. The topological polar surface area (TPSA) is 80.0 Å². The number of aliphatic carboxylic acids is 1. The van der Waals surface area contributed by atoms with Crippen molar-refractivity contribution in [2.24, 2.45) is 0 Å². The Labute approximate surface area is 164 Å². The first-order valence-corrected chi connectivity index (χ1v) is 8.58. The quantitative estimate of drug-likeness (QED) is 0.601. The zero-order valence-corrected chi connectivity index (χ0v) is 15.3. The number of anilines is 1. The van der Waals surface area contributed by atoms with E-state index in [1.54, 1.807) is 31.2 Å². The SMILES string of the molecule is Cc1nn(-c2ccc(C(F)(F)F)cc2)nc1CNc1ccc(/C=C/C(=O)O)cc1. The van der Waals surface area contributed by atoms with Gasteiger partial charge in [0, 0.05) is 11.8 Å². The number of rotatable bonds is 6. The number of nitrogens with zero attached hydrogens (tertiary/aromatic N) is 3. The molecule has 1 aromatic heterocycles. The molecule has 0 aliphatic heterocycles. The number of aromatic nitrogens is 3. The molecule has 0 radical (unpaired) electrons. The number of carboxylic acid groups (broad SMARTS) is 1. The lowest BCUT2D eigenvalue weighted by Gasteiger charge is -2.07. The Morgan fingerprint density at radius 1 is 1.10 bits per heavy atom. The maximum absolute atomic E-state index is 12.7. The first kappa shape index (κ1) is 20.1. The Hall–Kier alpha value is -3.62. The normalized spacial score (nSPS) is 11.7. The van der Waals surface area contributed by atoms with Crippen LogP contribution in [-0.4, -0.2) is 26.1 Å². The number of carbonyl (C=O) groups is 1. The number of carboxylic acids is 1. The van der Waals surface area contributed by atoms with Gasteiger partial charge in [-0.25, -0.2) is 4.79 Å². The molecule has 0 aliphatic carbocycles. The minimum absolute atomic E-state index is 0.372. The number of hydrogen-bond donors (Lipinski definition) is 2. The number of halogens is 3. The number of hydrogen-bond acceptors (Lipinski definition) is 4. The van der Waals surface area contributed by atoms with Gasteiger partial charge < -0.3 is 10.4 Å². The molecule has 0 spiro atoms. The Morgan fingerprint density at radius 3 is 2.34 bits per heavy atom. The van der Waals surface area contributed by atoms with E-state index < -0.39 is 17.7 Å². The average molecular weight is 402 g/mol. The van der Waals surface area contributed by atoms with Gasteiger partial charge in [-0.3, -0.25) is 0 Å². The summed E-state index contributed by atoms with van der Waals surface area (Å²) >= 11 is 0. The fourth-order valence-electron chi connectivity index (χ4n) is 2.54. The van der Waals surface area contributed by atoms with Gasteiger partial charge in [0.05, 0.1) is 23.5 Å². The minimum atomic E-state index is -4.39. The van der Waals surface area contributed by atoms with Gasteiger partial charge in [0.2, 0.25) is 0 Å². The van der Waals surface area contributed by atoms with Gasteiger partial charge in [-0.1, -0.05) is 12.1 Å². The van der Waals surface area contributed by atoms with Gasteiger partial charge in [0.1, 0.15) is 5.69 Å². The van der Waals surface area contributed by atoms with E-state index >= 15 is 0 Å². The molecule has 0 atom stereocenters. The first-order chi connectivity index (χ1) is 13.7. The highest BCUT2D eigenvalue weighted by atomic mass is 19.4. The lowest BCUT2D eigenvalue weighted by Crippen LogP contribution is -2.06. The summed E-state index contributed by atoms with van der Waals surface area (Å²) in [6, 6.07) is 11.8. The number of aryl methyl sites for hydroxylation is 1. The smallest absolute Gasteiger partial charge is 0.416 e. The Morgan fingerprint density at radius 2 is 1.76 bits per heavy atom. The highest BCUT2D eigenvalue weighted by Gasteiger charge is 2.30. The van der Waals surface area contributed by atoms with Crippen molar-refractivity contribution in [3.8, 4) is 5.69 Å². The number of nitrogens with one attached hydrogen (secondary N) is 1. The van der Waals surface area contributed by atoms with Crippen LogP contribution in [0.25, 0.3) is 11.8 Å². The molecular formula is C20H17F3N4O2. The van der Waals surface area contributed by atoms with Gasteiger partial charge >= 0.3 is 12.1 Å². The number of alkyl halides is 3. The molecule has 0 bridgehead atoms. The molecule has 3 aromatic rings. The van der Waals surface area contributed by atoms with E-state index in [1.165, 1.54) is 23.0 Å². The second kappa shape index (κ2) is 8.17. The largest absolute Gasteiger partial charge is 0.478 e. The fraction of sp³-hybridized carbons (Fsp3) is 0.150. The van der Waals surface area contributed by atoms with Gasteiger partial charge in [-0.05, 0) is 55.0 Å². The molecule has 0 saturated heterocycles. The molecule has 0 unspecified atom stereocenters. The summed E-state index contributed by atoms with van der Waals surface area (Å²) in [6.45, 7) is 2.14. The summed E-state index contributed by atoms with van der Waals surface area (Å²) < 4.78 is 38.0. The molecule has 9 heteroatoms. The molecule has 1 heterocycles. The van der Waals surface area contributed by atoms with E-state index in [0.29, 0.717) is 23.6 Å². The molecule has 2 N–H and O–H groups in total. The molecule has 0 fully saturated rings. The van der Waals surface area contributed by atoms with Crippen molar-refractivity contribution in [3.05, 3.63) is 77.1 Å². The molecule has 0 aliphatic rings. The zero-order valence-electron chi connectivity index (χ0n) is 15.3. The van der Waals surface area contributed by atoms with Gasteiger partial charge in [0.25, 0.3) is 0 Å². The Balaban J connectivity index is 1.67. The van der Waals surface area contributed by atoms with E-state index in [0.717, 1.165) is 29.5 Å². The van der Waals surface area contributed by atoms with Crippen molar-refractivity contribution >= 4 is 17.7 Å². The van der Waals surface area contributed by atoms with Gasteiger partial charge in [0.15, 0.2) is 0 Å². The van der Waals surface area contributed by atoms with Crippen LogP contribution in [0.4, 0.5) is 18.9 Å². The van der Waals surface area contributed by atoms with E-state index in [9.17, 15) is 18.0 Å². The van der Waals surface area contributed by atoms with Crippen LogP contribution in [0.1, 0.15) is 22.5 Å². The molecule has 3 rings (SSSR count).